The van der Waals surface area contributed by atoms with E-state index in [0.717, 1.165) is 51.1 Å². The van der Waals surface area contributed by atoms with Gasteiger partial charge in [-0.15, -0.1) is 0 Å². The number of para-hydroxylation sites is 1. The van der Waals surface area contributed by atoms with Gasteiger partial charge >= 0.3 is 0 Å². The maximum Gasteiger partial charge on any atom is 0.151 e. The van der Waals surface area contributed by atoms with Gasteiger partial charge in [0.1, 0.15) is 23.1 Å². The third kappa shape index (κ3) is 4.09. The highest BCUT2D eigenvalue weighted by Gasteiger charge is 2.21. The molecule has 5 rings (SSSR count). The fourth-order valence-corrected chi connectivity index (χ4v) is 4.05. The number of ether oxygens (including phenoxy) is 1. The summed E-state index contributed by atoms with van der Waals surface area (Å²) in [6.07, 6.45) is 2.91. The van der Waals surface area contributed by atoms with E-state index in [1.807, 2.05) is 43.3 Å². The molecule has 0 saturated carbocycles. The maximum atomic E-state index is 9.17. The van der Waals surface area contributed by atoms with Gasteiger partial charge in [0.2, 0.25) is 0 Å². The quantitative estimate of drug-likeness (QED) is 0.470. The summed E-state index contributed by atoms with van der Waals surface area (Å²) in [6, 6.07) is 15.4. The van der Waals surface area contributed by atoms with Crippen molar-refractivity contribution in [1.29, 1.82) is 5.26 Å². The summed E-state index contributed by atoms with van der Waals surface area (Å²) in [7, 11) is 3.42. The molecule has 1 aliphatic rings. The van der Waals surface area contributed by atoms with Crippen molar-refractivity contribution in [2.75, 3.05) is 12.4 Å². The number of anilines is 2. The highest BCUT2D eigenvalue weighted by molar-refractivity contribution is 5.95. The number of nitrogens with zero attached hydrogens (tertiary/aromatic N) is 7. The minimum absolute atomic E-state index is 0.391. The van der Waals surface area contributed by atoms with Crippen molar-refractivity contribution in [2.45, 2.75) is 19.8 Å². The first-order valence-electron chi connectivity index (χ1n) is 10.8. The van der Waals surface area contributed by atoms with Gasteiger partial charge in [-0.05, 0) is 37.3 Å². The maximum absolute atomic E-state index is 9.17. The van der Waals surface area contributed by atoms with Gasteiger partial charge in [-0.3, -0.25) is 9.98 Å². The Morgan fingerprint density at radius 2 is 1.97 bits per heavy atom. The van der Waals surface area contributed by atoms with Crippen molar-refractivity contribution >= 4 is 22.8 Å². The van der Waals surface area contributed by atoms with Crippen molar-refractivity contribution in [2.24, 2.45) is 12.0 Å². The number of aryl methyl sites for hydroxylation is 1. The van der Waals surface area contributed by atoms with E-state index in [1.54, 1.807) is 26.4 Å². The molecule has 4 aromatic rings. The molecular weight excluding hydrogens is 428 g/mol. The fourth-order valence-electron chi connectivity index (χ4n) is 4.05. The van der Waals surface area contributed by atoms with E-state index in [4.69, 9.17) is 14.7 Å². The van der Waals surface area contributed by atoms with Crippen molar-refractivity contribution in [3.63, 3.8) is 0 Å². The molecule has 0 amide bonds. The van der Waals surface area contributed by atoms with Crippen molar-refractivity contribution in [3.8, 4) is 23.1 Å². The molecule has 1 aromatic carbocycles. The topological polar surface area (TPSA) is 114 Å². The lowest BCUT2D eigenvalue weighted by Gasteiger charge is -2.16. The van der Waals surface area contributed by atoms with Crippen molar-refractivity contribution in [3.05, 3.63) is 71.4 Å². The van der Waals surface area contributed by atoms with Crippen LogP contribution >= 0.6 is 0 Å². The molecular formula is C25H22N8O. The molecule has 0 spiro atoms. The first-order valence-corrected chi connectivity index (χ1v) is 10.8. The second-order valence-electron chi connectivity index (χ2n) is 8.01. The van der Waals surface area contributed by atoms with Crippen LogP contribution < -0.4 is 10.1 Å². The minimum Gasteiger partial charge on any atom is -0.494 e. The van der Waals surface area contributed by atoms with E-state index in [1.165, 1.54) is 4.80 Å². The first-order chi connectivity index (χ1) is 16.5. The number of aromatic nitrogens is 5. The number of pyridine rings is 2. The van der Waals surface area contributed by atoms with Gasteiger partial charge in [0.05, 0.1) is 30.4 Å². The van der Waals surface area contributed by atoms with Crippen LogP contribution in [0.15, 0.2) is 53.7 Å². The van der Waals surface area contributed by atoms with Crippen LogP contribution in [-0.2, 0) is 19.9 Å². The Labute approximate surface area is 196 Å². The van der Waals surface area contributed by atoms with Gasteiger partial charge in [0.25, 0.3) is 0 Å². The van der Waals surface area contributed by atoms with Gasteiger partial charge in [-0.25, -0.2) is 4.98 Å². The minimum atomic E-state index is 0.391. The lowest BCUT2D eigenvalue weighted by molar-refractivity contribution is 0.418. The van der Waals surface area contributed by atoms with E-state index < -0.39 is 0 Å². The fraction of sp³-hybridized carbons (Fsp3) is 0.200. The number of fused-ring (bicyclic) bond motifs is 1. The number of hydrogen-bond acceptors (Lipinski definition) is 8. The lowest BCUT2D eigenvalue weighted by atomic mass is 10.1. The second kappa shape index (κ2) is 8.75. The number of benzene rings is 1. The number of hydrogen-bond donors (Lipinski definition) is 1. The molecule has 0 unspecified atom stereocenters. The SMILES string of the molecule is COc1c(Nc2cc(Cc3cccc(C#N)n3)nc3c2N=C(C)C3)cccc1-c1cnn(C)n1. The Morgan fingerprint density at radius 3 is 2.74 bits per heavy atom. The zero-order valence-electron chi connectivity index (χ0n) is 19.1. The molecule has 0 fully saturated rings. The van der Waals surface area contributed by atoms with Crippen LogP contribution in [0, 0.1) is 11.3 Å². The van der Waals surface area contributed by atoms with Gasteiger partial charge in [-0.1, -0.05) is 12.1 Å². The average molecular weight is 451 g/mol. The van der Waals surface area contributed by atoms with Crippen LogP contribution in [0.25, 0.3) is 11.3 Å². The zero-order valence-corrected chi connectivity index (χ0v) is 19.1. The van der Waals surface area contributed by atoms with Crippen LogP contribution in [-0.4, -0.2) is 37.8 Å². The molecule has 9 heteroatoms. The zero-order chi connectivity index (χ0) is 23.7. The first kappa shape index (κ1) is 21.3. The van der Waals surface area contributed by atoms with Gasteiger partial charge in [0, 0.05) is 42.6 Å². The number of aliphatic imine (C=N–C) groups is 1. The third-order valence-electron chi connectivity index (χ3n) is 5.49. The van der Waals surface area contributed by atoms with Crippen LogP contribution in [0.1, 0.15) is 29.7 Å². The van der Waals surface area contributed by atoms with Crippen molar-refractivity contribution < 1.29 is 4.74 Å². The molecule has 0 atom stereocenters. The Bertz CT molecular complexity index is 1460. The summed E-state index contributed by atoms with van der Waals surface area (Å²) < 4.78 is 5.77. The molecule has 0 bridgehead atoms. The molecule has 0 radical (unpaired) electrons. The highest BCUT2D eigenvalue weighted by Crippen LogP contribution is 2.41. The molecule has 1 N–H and O–H groups in total. The van der Waals surface area contributed by atoms with Gasteiger partial charge in [-0.2, -0.15) is 20.3 Å². The molecule has 4 heterocycles. The molecule has 168 valence electrons. The Hall–Kier alpha value is -4.58. The Kier molecular flexibility index (Phi) is 5.47. The molecule has 9 nitrogen and oxygen atoms in total. The van der Waals surface area contributed by atoms with E-state index >= 15 is 0 Å². The number of rotatable bonds is 6. The summed E-state index contributed by atoms with van der Waals surface area (Å²) >= 11 is 0. The van der Waals surface area contributed by atoms with E-state index in [2.05, 4.69) is 26.6 Å². The van der Waals surface area contributed by atoms with Crippen molar-refractivity contribution in [1.82, 2.24) is 25.0 Å². The summed E-state index contributed by atoms with van der Waals surface area (Å²) in [5.74, 6) is 0.664. The van der Waals surface area contributed by atoms with E-state index in [0.29, 0.717) is 24.3 Å². The van der Waals surface area contributed by atoms with Crippen LogP contribution in [0.5, 0.6) is 5.75 Å². The third-order valence-corrected chi connectivity index (χ3v) is 5.49. The Morgan fingerprint density at radius 1 is 1.12 bits per heavy atom. The predicted molar refractivity (Wildman–Crippen MR) is 129 cm³/mol. The second-order valence-corrected chi connectivity index (χ2v) is 8.01. The summed E-state index contributed by atoms with van der Waals surface area (Å²) in [6.45, 7) is 2.00. The molecule has 0 aliphatic carbocycles. The van der Waals surface area contributed by atoms with Crippen LogP contribution in [0.2, 0.25) is 0 Å². The number of nitrogens with one attached hydrogen (secondary N) is 1. The normalized spacial score (nSPS) is 12.1. The molecule has 34 heavy (non-hydrogen) atoms. The van der Waals surface area contributed by atoms with Crippen LogP contribution in [0.4, 0.5) is 17.1 Å². The summed E-state index contributed by atoms with van der Waals surface area (Å²) in [4.78, 5) is 15.5. The van der Waals surface area contributed by atoms with Gasteiger partial charge in [0.15, 0.2) is 5.75 Å². The van der Waals surface area contributed by atoms with Crippen LogP contribution in [0.3, 0.4) is 0 Å². The molecule has 0 saturated heterocycles. The van der Waals surface area contributed by atoms with E-state index in [-0.39, 0.29) is 0 Å². The smallest absolute Gasteiger partial charge is 0.151 e. The molecule has 1 aliphatic heterocycles. The van der Waals surface area contributed by atoms with E-state index in [9.17, 15) is 5.26 Å². The number of methoxy groups -OCH3 is 1. The summed E-state index contributed by atoms with van der Waals surface area (Å²) in [5, 5.41) is 21.3. The molecule has 3 aromatic heterocycles. The Balaban J connectivity index is 1.54. The summed E-state index contributed by atoms with van der Waals surface area (Å²) in [5.41, 5.74) is 7.95. The average Bonchev–Trinajstić information content (AvgIpc) is 3.44. The number of nitriles is 1. The predicted octanol–water partition coefficient (Wildman–Crippen LogP) is 4.14. The highest BCUT2D eigenvalue weighted by atomic mass is 16.5. The van der Waals surface area contributed by atoms with Gasteiger partial charge < -0.3 is 10.1 Å². The monoisotopic (exact) mass is 450 g/mol. The standard InChI is InChI=1S/C25H22N8O/c1-15-10-21-24(28-15)22(12-18(30-21)11-16-6-4-7-17(13-26)29-16)31-20-9-5-8-19(25(20)34-3)23-14-27-33(2)32-23/h4-9,12,14H,10-11H2,1-3H3,(H,30,31). The largest absolute Gasteiger partial charge is 0.494 e. The lowest BCUT2D eigenvalue weighted by Crippen LogP contribution is -2.03.